The highest BCUT2D eigenvalue weighted by Gasteiger charge is 2.43. The summed E-state index contributed by atoms with van der Waals surface area (Å²) in [7, 11) is 3.49. The van der Waals surface area contributed by atoms with Crippen LogP contribution in [0.15, 0.2) is 42.9 Å². The Labute approximate surface area is 482 Å². The third-order valence-electron chi connectivity index (χ3n) is 12.9. The number of carbonyl (C=O) groups excluding carboxylic acids is 9. The number of carboxylic acid groups (broad SMARTS) is 1. The van der Waals surface area contributed by atoms with Gasteiger partial charge in [-0.15, -0.1) is 0 Å². The largest absolute Gasteiger partial charge is 0.480 e. The Bertz CT molecular complexity index is 2560. The molecule has 0 bridgehead atoms. The molecule has 0 aliphatic heterocycles. The Morgan fingerprint density at radius 2 is 1.17 bits per heavy atom. The van der Waals surface area contributed by atoms with Gasteiger partial charge in [-0.25, -0.2) is 9.78 Å². The number of benzene rings is 1. The Morgan fingerprint density at radius 1 is 0.655 bits per heavy atom. The van der Waals surface area contributed by atoms with Crippen LogP contribution in [-0.2, 0) is 66.2 Å². The number of aliphatic carboxylic acids is 1. The van der Waals surface area contributed by atoms with Crippen LogP contribution in [0.5, 0.6) is 0 Å². The van der Waals surface area contributed by atoms with E-state index in [0.717, 1.165) is 48.8 Å². The predicted octanol–water partition coefficient (Wildman–Crippen LogP) is -8.88. The smallest absolute Gasteiger partial charge is 0.328 e. The standard InChI is InChI=1S/C51H81N11O22/c1-23(2)16-26(39(70)56-28(21-64)49(80)81)54-44(75)37(50(4,5)82)58-40(71)27(20-63)55-45(76)38(51(6,7)83)59-46(77)47(78)60-41(72)29(17-25-14-12-11-13-15-25)62(9)48(79)36(69)35(68)31(84-10)19-53-42(73)32(57-43(74)33(66)24(3)65)34(67)30-18-52-22-61(30)8/h11-15,18,22-24,26-29,31-38,47,63-69,78,82-83H,16-17,19-21H2,1-10H3,(H,53,73)(H,54,75)(H,55,76)(H,56,70)(H,57,74)(H,58,71)(H,59,77)(H,60,72)(H,80,81)/t24-,26-,27-,28-,29-,31-,32+,33+,34+,35-,36-,37?,38?,47+/m0/s1. The second kappa shape index (κ2) is 32.7. The van der Waals surface area contributed by atoms with Gasteiger partial charge in [-0.1, -0.05) is 44.2 Å². The third kappa shape index (κ3) is 21.4. The zero-order chi connectivity index (χ0) is 64.3. The highest BCUT2D eigenvalue weighted by molar-refractivity contribution is 5.98. The second-order valence-corrected chi connectivity index (χ2v) is 21.3. The maximum absolute atomic E-state index is 14.0. The van der Waals surface area contributed by atoms with Crippen molar-refractivity contribution in [3.63, 3.8) is 0 Å². The number of likely N-dealkylation sites (N-methyl/N-ethyl adjacent to an activating group) is 1. The summed E-state index contributed by atoms with van der Waals surface area (Å²) in [5.74, 6) is -13.5. The first kappa shape index (κ1) is 72.8. The van der Waals surface area contributed by atoms with Gasteiger partial charge in [0.25, 0.3) is 17.7 Å². The number of carboxylic acids is 1. The number of ether oxygens (including phenoxy) is 1. The van der Waals surface area contributed by atoms with Gasteiger partial charge in [0.05, 0.1) is 48.7 Å². The zero-order valence-corrected chi connectivity index (χ0v) is 48.0. The lowest BCUT2D eigenvalue weighted by Gasteiger charge is -2.34. The van der Waals surface area contributed by atoms with Gasteiger partial charge < -0.3 is 113 Å². The van der Waals surface area contributed by atoms with E-state index >= 15 is 0 Å². The lowest BCUT2D eigenvalue weighted by molar-refractivity contribution is -0.157. The summed E-state index contributed by atoms with van der Waals surface area (Å²) < 4.78 is 6.56. The molecule has 0 saturated carbocycles. The molecular formula is C51H81N11O22. The van der Waals surface area contributed by atoms with Crippen molar-refractivity contribution >= 4 is 59.1 Å². The number of aliphatic hydroxyl groups is 10. The number of amides is 9. The Hall–Kier alpha value is -7.31. The SMILES string of the molecule is CO[C@@H](CNC(=O)[C@H](NC(=O)[C@H](O)[C@H](C)O)[C@H](O)c1cncn1C)[C@H](O)[C@H](O)C(=O)N(C)[C@@H](Cc1ccccc1)C(=O)N[C@H](O)C(=O)NC(C(=O)N[C@@H](CO)C(=O)NC(C(=O)N[C@@H](CC(C)C)C(=O)N[C@@H](CO)C(=O)O)C(C)(C)O)C(C)(C)O. The Morgan fingerprint density at radius 3 is 1.63 bits per heavy atom. The molecule has 84 heavy (non-hydrogen) atoms. The second-order valence-electron chi connectivity index (χ2n) is 21.3. The van der Waals surface area contributed by atoms with Crippen molar-refractivity contribution < 1.29 is 109 Å². The summed E-state index contributed by atoms with van der Waals surface area (Å²) in [6.07, 6.45) is -12.4. The molecule has 0 aliphatic carbocycles. The first-order chi connectivity index (χ1) is 38.9. The summed E-state index contributed by atoms with van der Waals surface area (Å²) in [6, 6.07) is -5.13. The number of rotatable bonds is 34. The van der Waals surface area contributed by atoms with Crippen LogP contribution in [0.1, 0.15) is 72.2 Å². The van der Waals surface area contributed by atoms with E-state index in [2.05, 4.69) is 36.9 Å². The van der Waals surface area contributed by atoms with E-state index in [-0.39, 0.29) is 24.5 Å². The zero-order valence-electron chi connectivity index (χ0n) is 48.0. The lowest BCUT2D eigenvalue weighted by atomic mass is 9.95. The predicted molar refractivity (Wildman–Crippen MR) is 288 cm³/mol. The van der Waals surface area contributed by atoms with Gasteiger partial charge in [-0.05, 0) is 52.5 Å². The molecule has 0 radical (unpaired) electrons. The molecule has 0 aliphatic rings. The van der Waals surface area contributed by atoms with Gasteiger partial charge in [0, 0.05) is 34.2 Å². The van der Waals surface area contributed by atoms with Gasteiger partial charge >= 0.3 is 5.97 Å². The van der Waals surface area contributed by atoms with Crippen molar-refractivity contribution in [3.8, 4) is 0 Å². The molecule has 33 heteroatoms. The van der Waals surface area contributed by atoms with Crippen LogP contribution in [0.2, 0.25) is 0 Å². The van der Waals surface area contributed by atoms with E-state index in [0.29, 0.717) is 10.5 Å². The number of aryl methyl sites for hydroxylation is 1. The van der Waals surface area contributed by atoms with E-state index < -0.39 is 175 Å². The van der Waals surface area contributed by atoms with Gasteiger partial charge in [0.1, 0.15) is 60.6 Å². The molecule has 0 fully saturated rings. The maximum atomic E-state index is 14.0. The molecule has 33 nitrogen and oxygen atoms in total. The Kier molecular flexibility index (Phi) is 28.3. The monoisotopic (exact) mass is 1200 g/mol. The number of hydrogen-bond acceptors (Lipinski definition) is 22. The highest BCUT2D eigenvalue weighted by Crippen LogP contribution is 2.19. The fourth-order valence-electron chi connectivity index (χ4n) is 7.93. The fourth-order valence-corrected chi connectivity index (χ4v) is 7.93. The van der Waals surface area contributed by atoms with Crippen LogP contribution in [0, 0.1) is 5.92 Å². The summed E-state index contributed by atoms with van der Waals surface area (Å²) in [5.41, 5.74) is -4.03. The van der Waals surface area contributed by atoms with Crippen LogP contribution in [0.3, 0.4) is 0 Å². The number of nitrogens with one attached hydrogen (secondary N) is 8. The molecule has 9 amide bonds. The number of methoxy groups -OCH3 is 1. The van der Waals surface area contributed by atoms with Crippen molar-refractivity contribution in [2.45, 2.75) is 158 Å². The quantitative estimate of drug-likeness (QED) is 0.0289. The number of carbonyl (C=O) groups is 10. The van der Waals surface area contributed by atoms with E-state index in [1.54, 1.807) is 32.0 Å². The van der Waals surface area contributed by atoms with Crippen molar-refractivity contribution in [2.75, 3.05) is 33.9 Å². The number of aromatic nitrogens is 2. The van der Waals surface area contributed by atoms with Crippen LogP contribution >= 0.6 is 0 Å². The summed E-state index contributed by atoms with van der Waals surface area (Å²) in [5, 5.41) is 132. The first-order valence-corrected chi connectivity index (χ1v) is 26.1. The van der Waals surface area contributed by atoms with Crippen LogP contribution < -0.4 is 42.5 Å². The molecule has 2 aromatic rings. The van der Waals surface area contributed by atoms with Crippen molar-refractivity contribution in [1.29, 1.82) is 0 Å². The van der Waals surface area contributed by atoms with Gasteiger partial charge in [-0.2, -0.15) is 0 Å². The minimum Gasteiger partial charge on any atom is -0.480 e. The summed E-state index contributed by atoms with van der Waals surface area (Å²) in [4.78, 5) is 138. The number of nitrogens with zero attached hydrogens (tertiary/aromatic N) is 3. The molecule has 472 valence electrons. The molecule has 1 heterocycles. The minimum absolute atomic E-state index is 0.0149. The molecular weight excluding hydrogens is 1120 g/mol. The average molecular weight is 1200 g/mol. The molecule has 2 rings (SSSR count). The topological polar surface area (TPSA) is 520 Å². The van der Waals surface area contributed by atoms with E-state index in [4.69, 9.17) is 4.74 Å². The number of hydrogen-bond donors (Lipinski definition) is 19. The molecule has 1 aromatic heterocycles. The van der Waals surface area contributed by atoms with Crippen LogP contribution in [-0.4, -0.2) is 254 Å². The first-order valence-electron chi connectivity index (χ1n) is 26.1. The number of imidazole rings is 1. The molecule has 1 aromatic carbocycles. The van der Waals surface area contributed by atoms with Crippen LogP contribution in [0.4, 0.5) is 0 Å². The van der Waals surface area contributed by atoms with Crippen molar-refractivity contribution in [2.24, 2.45) is 13.0 Å². The average Bonchev–Trinajstić information content (AvgIpc) is 4.00. The van der Waals surface area contributed by atoms with E-state index in [1.807, 2.05) is 10.6 Å². The molecule has 0 saturated heterocycles. The fraction of sp³-hybridized carbons (Fsp3) is 0.627. The molecule has 14 atom stereocenters. The van der Waals surface area contributed by atoms with E-state index in [1.165, 1.54) is 36.3 Å². The maximum Gasteiger partial charge on any atom is 0.328 e. The Balaban J connectivity index is 2.33. The van der Waals surface area contributed by atoms with Gasteiger partial charge in [0.15, 0.2) is 12.2 Å². The molecule has 0 spiro atoms. The van der Waals surface area contributed by atoms with Crippen LogP contribution in [0.25, 0.3) is 0 Å². The highest BCUT2D eigenvalue weighted by atomic mass is 16.5. The van der Waals surface area contributed by atoms with Crippen molar-refractivity contribution in [3.05, 3.63) is 54.1 Å². The molecule has 2 unspecified atom stereocenters. The van der Waals surface area contributed by atoms with E-state index in [9.17, 15) is 104 Å². The van der Waals surface area contributed by atoms with Gasteiger partial charge in [0.2, 0.25) is 41.7 Å². The normalized spacial score (nSPS) is 16.8. The minimum atomic E-state index is -2.60. The summed E-state index contributed by atoms with van der Waals surface area (Å²) in [6.45, 7) is 5.62. The lowest BCUT2D eigenvalue weighted by Crippen LogP contribution is -2.66. The molecule has 19 N–H and O–H groups in total. The third-order valence-corrected chi connectivity index (χ3v) is 12.9. The van der Waals surface area contributed by atoms with Crippen molar-refractivity contribution in [1.82, 2.24) is 57.0 Å². The summed E-state index contributed by atoms with van der Waals surface area (Å²) >= 11 is 0. The number of aliphatic hydroxyl groups excluding tert-OH is 8. The van der Waals surface area contributed by atoms with Gasteiger partial charge in [-0.3, -0.25) is 43.2 Å².